The van der Waals surface area contributed by atoms with Crippen molar-refractivity contribution in [3.05, 3.63) is 58.6 Å². The third-order valence-electron chi connectivity index (χ3n) is 4.44. The zero-order valence-corrected chi connectivity index (χ0v) is 16.4. The van der Waals surface area contributed by atoms with E-state index in [4.69, 9.17) is 16.3 Å². The fraction of sp³-hybridized carbons (Fsp3) is 0.316. The highest BCUT2D eigenvalue weighted by molar-refractivity contribution is 7.92. The highest BCUT2D eigenvalue weighted by Gasteiger charge is 2.22. The second-order valence-electron chi connectivity index (χ2n) is 6.36. The van der Waals surface area contributed by atoms with E-state index in [1.54, 1.807) is 43.3 Å². The van der Waals surface area contributed by atoms with Gasteiger partial charge in [0.15, 0.2) is 0 Å². The number of nitrogens with one attached hydrogen (secondary N) is 2. The number of amides is 1. The molecule has 1 unspecified atom stereocenters. The Morgan fingerprint density at radius 1 is 1.22 bits per heavy atom. The van der Waals surface area contributed by atoms with Gasteiger partial charge >= 0.3 is 0 Å². The molecular formula is C19H21ClN2O4S. The molecule has 0 aliphatic carbocycles. The van der Waals surface area contributed by atoms with E-state index in [1.165, 1.54) is 6.07 Å². The summed E-state index contributed by atoms with van der Waals surface area (Å²) in [5, 5.41) is 3.17. The molecule has 0 radical (unpaired) electrons. The van der Waals surface area contributed by atoms with Crippen LogP contribution in [0, 0.1) is 6.92 Å². The van der Waals surface area contributed by atoms with Crippen molar-refractivity contribution < 1.29 is 17.9 Å². The average molecular weight is 409 g/mol. The van der Waals surface area contributed by atoms with Crippen molar-refractivity contribution >= 4 is 33.2 Å². The number of hydrogen-bond donors (Lipinski definition) is 2. The molecule has 3 rings (SSSR count). The smallest absolute Gasteiger partial charge is 0.262 e. The zero-order valence-electron chi connectivity index (χ0n) is 14.9. The van der Waals surface area contributed by atoms with Crippen molar-refractivity contribution in [2.24, 2.45) is 0 Å². The van der Waals surface area contributed by atoms with Gasteiger partial charge in [0.1, 0.15) is 0 Å². The summed E-state index contributed by atoms with van der Waals surface area (Å²) in [6, 6.07) is 11.2. The molecule has 1 atom stereocenters. The van der Waals surface area contributed by atoms with Gasteiger partial charge in [0.2, 0.25) is 0 Å². The maximum Gasteiger partial charge on any atom is 0.262 e. The van der Waals surface area contributed by atoms with Crippen molar-refractivity contribution in [3.8, 4) is 0 Å². The minimum absolute atomic E-state index is 0.00640. The van der Waals surface area contributed by atoms with Crippen LogP contribution in [0.25, 0.3) is 0 Å². The molecule has 1 saturated heterocycles. The van der Waals surface area contributed by atoms with Gasteiger partial charge in [-0.15, -0.1) is 0 Å². The SMILES string of the molecule is Cc1c(Cl)cccc1S(=O)(=O)Nc1ccccc1C(=O)NCC1CCCO1. The Balaban J connectivity index is 1.81. The summed E-state index contributed by atoms with van der Waals surface area (Å²) in [6.07, 6.45) is 1.89. The first kappa shape index (κ1) is 19.7. The second kappa shape index (κ2) is 8.29. The Labute approximate surface area is 163 Å². The van der Waals surface area contributed by atoms with Crippen LogP contribution in [0.1, 0.15) is 28.8 Å². The van der Waals surface area contributed by atoms with Gasteiger partial charge in [0, 0.05) is 18.2 Å². The molecule has 6 nitrogen and oxygen atoms in total. The Hall–Kier alpha value is -2.09. The monoisotopic (exact) mass is 408 g/mol. The summed E-state index contributed by atoms with van der Waals surface area (Å²) in [6.45, 7) is 2.74. The number of benzene rings is 2. The van der Waals surface area contributed by atoms with E-state index in [9.17, 15) is 13.2 Å². The van der Waals surface area contributed by atoms with Gasteiger partial charge in [0.25, 0.3) is 15.9 Å². The lowest BCUT2D eigenvalue weighted by atomic mass is 10.1. The minimum atomic E-state index is -3.89. The number of ether oxygens (including phenoxy) is 1. The molecule has 8 heteroatoms. The third kappa shape index (κ3) is 4.61. The van der Waals surface area contributed by atoms with Crippen LogP contribution in [-0.2, 0) is 14.8 Å². The molecule has 1 amide bonds. The summed E-state index contributed by atoms with van der Waals surface area (Å²) in [5.41, 5.74) is 0.910. The standard InChI is InChI=1S/C19H21ClN2O4S/c1-13-16(20)8-4-10-18(13)27(24,25)22-17-9-3-2-7-15(17)19(23)21-12-14-6-5-11-26-14/h2-4,7-10,14,22H,5-6,11-12H2,1H3,(H,21,23). The van der Waals surface area contributed by atoms with Crippen LogP contribution in [-0.4, -0.2) is 33.6 Å². The quantitative estimate of drug-likeness (QED) is 0.767. The largest absolute Gasteiger partial charge is 0.376 e. The number of sulfonamides is 1. The molecule has 144 valence electrons. The summed E-state index contributed by atoms with van der Waals surface area (Å²) in [5.74, 6) is -0.355. The molecule has 0 spiro atoms. The Kier molecular flexibility index (Phi) is 6.04. The zero-order chi connectivity index (χ0) is 19.4. The summed E-state index contributed by atoms with van der Waals surface area (Å²) in [7, 11) is -3.89. The van der Waals surface area contributed by atoms with Gasteiger partial charge in [-0.2, -0.15) is 0 Å². The van der Waals surface area contributed by atoms with E-state index in [2.05, 4.69) is 10.0 Å². The van der Waals surface area contributed by atoms with Crippen LogP contribution in [0.5, 0.6) is 0 Å². The third-order valence-corrected chi connectivity index (χ3v) is 6.36. The molecule has 0 saturated carbocycles. The number of anilines is 1. The predicted octanol–water partition coefficient (Wildman–Crippen LogP) is 3.36. The number of carbonyl (C=O) groups is 1. The van der Waals surface area contributed by atoms with Gasteiger partial charge in [-0.25, -0.2) is 8.42 Å². The van der Waals surface area contributed by atoms with E-state index >= 15 is 0 Å². The fourth-order valence-electron chi connectivity index (χ4n) is 2.96. The molecule has 1 aliphatic rings. The summed E-state index contributed by atoms with van der Waals surface area (Å²) < 4.78 is 33.6. The molecule has 1 aliphatic heterocycles. The minimum Gasteiger partial charge on any atom is -0.376 e. The normalized spacial score (nSPS) is 16.9. The van der Waals surface area contributed by atoms with Crippen LogP contribution >= 0.6 is 11.6 Å². The van der Waals surface area contributed by atoms with Crippen molar-refractivity contribution in [2.75, 3.05) is 17.9 Å². The van der Waals surface area contributed by atoms with Crippen molar-refractivity contribution in [1.82, 2.24) is 5.32 Å². The lowest BCUT2D eigenvalue weighted by Crippen LogP contribution is -2.32. The molecule has 27 heavy (non-hydrogen) atoms. The first-order valence-electron chi connectivity index (χ1n) is 8.65. The highest BCUT2D eigenvalue weighted by Crippen LogP contribution is 2.26. The first-order valence-corrected chi connectivity index (χ1v) is 10.5. The van der Waals surface area contributed by atoms with Crippen LogP contribution < -0.4 is 10.0 Å². The van der Waals surface area contributed by atoms with E-state index in [0.29, 0.717) is 23.7 Å². The molecule has 0 bridgehead atoms. The maximum absolute atomic E-state index is 12.8. The van der Waals surface area contributed by atoms with Gasteiger partial charge in [-0.1, -0.05) is 29.8 Å². The number of para-hydroxylation sites is 1. The number of halogens is 1. The summed E-state index contributed by atoms with van der Waals surface area (Å²) in [4.78, 5) is 12.6. The van der Waals surface area contributed by atoms with Gasteiger partial charge < -0.3 is 10.1 Å². The Bertz CT molecular complexity index is 940. The van der Waals surface area contributed by atoms with Crippen LogP contribution in [0.3, 0.4) is 0 Å². The molecular weight excluding hydrogens is 388 g/mol. The molecule has 1 fully saturated rings. The van der Waals surface area contributed by atoms with Crippen molar-refractivity contribution in [2.45, 2.75) is 30.8 Å². The highest BCUT2D eigenvalue weighted by atomic mass is 35.5. The van der Waals surface area contributed by atoms with E-state index in [0.717, 1.165) is 12.8 Å². The van der Waals surface area contributed by atoms with E-state index in [1.807, 2.05) is 0 Å². The molecule has 2 N–H and O–H groups in total. The number of hydrogen-bond acceptors (Lipinski definition) is 4. The average Bonchev–Trinajstić information content (AvgIpc) is 3.15. The Morgan fingerprint density at radius 3 is 2.74 bits per heavy atom. The molecule has 2 aromatic rings. The van der Waals surface area contributed by atoms with Crippen LogP contribution in [0.15, 0.2) is 47.4 Å². The van der Waals surface area contributed by atoms with Gasteiger partial charge in [-0.05, 0) is 49.6 Å². The lowest BCUT2D eigenvalue weighted by molar-refractivity contribution is 0.0858. The van der Waals surface area contributed by atoms with Crippen LogP contribution in [0.4, 0.5) is 5.69 Å². The van der Waals surface area contributed by atoms with Crippen LogP contribution in [0.2, 0.25) is 5.02 Å². The second-order valence-corrected chi connectivity index (χ2v) is 8.42. The maximum atomic E-state index is 12.8. The summed E-state index contributed by atoms with van der Waals surface area (Å²) >= 11 is 6.04. The lowest BCUT2D eigenvalue weighted by Gasteiger charge is -2.15. The van der Waals surface area contributed by atoms with Crippen molar-refractivity contribution in [3.63, 3.8) is 0 Å². The van der Waals surface area contributed by atoms with Crippen molar-refractivity contribution in [1.29, 1.82) is 0 Å². The number of rotatable bonds is 6. The van der Waals surface area contributed by atoms with Gasteiger partial charge in [-0.3, -0.25) is 9.52 Å². The Morgan fingerprint density at radius 2 is 2.00 bits per heavy atom. The molecule has 0 aromatic heterocycles. The molecule has 2 aromatic carbocycles. The van der Waals surface area contributed by atoms with E-state index < -0.39 is 10.0 Å². The predicted molar refractivity (Wildman–Crippen MR) is 105 cm³/mol. The van der Waals surface area contributed by atoms with E-state index in [-0.39, 0.29) is 28.2 Å². The topological polar surface area (TPSA) is 84.5 Å². The van der Waals surface area contributed by atoms with Gasteiger partial charge in [0.05, 0.1) is 22.3 Å². The molecule has 1 heterocycles. The fourth-order valence-corrected chi connectivity index (χ4v) is 4.53. The first-order chi connectivity index (χ1) is 12.9. The number of carbonyl (C=O) groups excluding carboxylic acids is 1.